The fourth-order valence-electron chi connectivity index (χ4n) is 1.79. The van der Waals surface area contributed by atoms with Crippen LogP contribution in [0.5, 0.6) is 0 Å². The zero-order valence-electron chi connectivity index (χ0n) is 10.5. The number of aromatic nitrogens is 3. The fraction of sp³-hybridized carbons (Fsp3) is 0.833. The highest BCUT2D eigenvalue weighted by Gasteiger charge is 2.11. The SMILES string of the molecule is CCCCn1nnc(CC(C)C)c1CC. The highest BCUT2D eigenvalue weighted by Crippen LogP contribution is 2.12. The van der Waals surface area contributed by atoms with Gasteiger partial charge in [0.15, 0.2) is 0 Å². The molecule has 0 unspecified atom stereocenters. The largest absolute Gasteiger partial charge is 0.249 e. The zero-order valence-corrected chi connectivity index (χ0v) is 10.5. The first-order valence-corrected chi connectivity index (χ1v) is 6.10. The van der Waals surface area contributed by atoms with Gasteiger partial charge in [-0.25, -0.2) is 4.68 Å². The van der Waals surface area contributed by atoms with Crippen LogP contribution in [0.15, 0.2) is 0 Å². The molecule has 1 heterocycles. The van der Waals surface area contributed by atoms with Gasteiger partial charge in [-0.1, -0.05) is 39.3 Å². The Bertz CT molecular complexity index is 289. The van der Waals surface area contributed by atoms with Gasteiger partial charge in [0.1, 0.15) is 0 Å². The van der Waals surface area contributed by atoms with Crippen molar-refractivity contribution < 1.29 is 0 Å². The minimum atomic E-state index is 0.659. The lowest BCUT2D eigenvalue weighted by Crippen LogP contribution is -2.06. The quantitative estimate of drug-likeness (QED) is 0.721. The molecule has 3 heteroatoms. The maximum atomic E-state index is 4.29. The van der Waals surface area contributed by atoms with Gasteiger partial charge in [0.2, 0.25) is 0 Å². The van der Waals surface area contributed by atoms with Crippen molar-refractivity contribution in [2.24, 2.45) is 5.92 Å². The lowest BCUT2D eigenvalue weighted by atomic mass is 10.1. The maximum absolute atomic E-state index is 4.29. The molecule has 0 aliphatic carbocycles. The molecule has 1 aromatic rings. The van der Waals surface area contributed by atoms with Gasteiger partial charge in [0, 0.05) is 6.54 Å². The maximum Gasteiger partial charge on any atom is 0.0861 e. The molecule has 0 saturated heterocycles. The molecule has 0 aliphatic rings. The second kappa shape index (κ2) is 5.89. The van der Waals surface area contributed by atoms with Crippen LogP contribution in [0.3, 0.4) is 0 Å². The van der Waals surface area contributed by atoms with Crippen molar-refractivity contribution in [2.45, 2.75) is 59.9 Å². The summed E-state index contributed by atoms with van der Waals surface area (Å²) in [6.45, 7) is 9.86. The first-order chi connectivity index (χ1) is 7.19. The number of rotatable bonds is 6. The second-order valence-electron chi connectivity index (χ2n) is 4.51. The van der Waals surface area contributed by atoms with E-state index in [1.165, 1.54) is 24.2 Å². The summed E-state index contributed by atoms with van der Waals surface area (Å²) in [6.07, 6.45) is 4.49. The van der Waals surface area contributed by atoms with Crippen LogP contribution in [0.2, 0.25) is 0 Å². The summed E-state index contributed by atoms with van der Waals surface area (Å²) in [5, 5.41) is 8.54. The second-order valence-corrected chi connectivity index (χ2v) is 4.51. The smallest absolute Gasteiger partial charge is 0.0861 e. The molecule has 0 radical (unpaired) electrons. The van der Waals surface area contributed by atoms with Gasteiger partial charge in [0.05, 0.1) is 11.4 Å². The molecular weight excluding hydrogens is 186 g/mol. The van der Waals surface area contributed by atoms with E-state index in [4.69, 9.17) is 0 Å². The van der Waals surface area contributed by atoms with Crippen molar-refractivity contribution >= 4 is 0 Å². The minimum Gasteiger partial charge on any atom is -0.249 e. The Labute approximate surface area is 92.9 Å². The van der Waals surface area contributed by atoms with Crippen LogP contribution >= 0.6 is 0 Å². The summed E-state index contributed by atoms with van der Waals surface area (Å²) in [5.41, 5.74) is 2.53. The van der Waals surface area contributed by atoms with E-state index in [9.17, 15) is 0 Å². The van der Waals surface area contributed by atoms with Gasteiger partial charge in [-0.05, 0) is 25.2 Å². The van der Waals surface area contributed by atoms with Gasteiger partial charge < -0.3 is 0 Å². The van der Waals surface area contributed by atoms with Crippen molar-refractivity contribution in [3.05, 3.63) is 11.4 Å². The molecule has 0 aromatic carbocycles. The summed E-state index contributed by atoms with van der Waals surface area (Å²) >= 11 is 0. The van der Waals surface area contributed by atoms with Gasteiger partial charge in [-0.2, -0.15) is 0 Å². The van der Waals surface area contributed by atoms with Crippen molar-refractivity contribution in [1.82, 2.24) is 15.0 Å². The van der Waals surface area contributed by atoms with Crippen LogP contribution in [0.25, 0.3) is 0 Å². The standard InChI is InChI=1S/C12H23N3/c1-5-7-8-15-12(6-2)11(13-14-15)9-10(3)4/h10H,5-9H2,1-4H3. The van der Waals surface area contributed by atoms with E-state index in [0.29, 0.717) is 5.92 Å². The van der Waals surface area contributed by atoms with Crippen molar-refractivity contribution in [2.75, 3.05) is 0 Å². The monoisotopic (exact) mass is 209 g/mol. The van der Waals surface area contributed by atoms with Crippen molar-refractivity contribution in [3.63, 3.8) is 0 Å². The molecule has 0 bridgehead atoms. The molecule has 0 atom stereocenters. The molecule has 0 fully saturated rings. The summed E-state index contributed by atoms with van der Waals surface area (Å²) in [4.78, 5) is 0. The van der Waals surface area contributed by atoms with Crippen LogP contribution < -0.4 is 0 Å². The van der Waals surface area contributed by atoms with Crippen LogP contribution in [0.1, 0.15) is 51.9 Å². The Morgan fingerprint density at radius 3 is 2.53 bits per heavy atom. The van der Waals surface area contributed by atoms with Gasteiger partial charge in [-0.3, -0.25) is 0 Å². The van der Waals surface area contributed by atoms with Crippen LogP contribution in [0.4, 0.5) is 0 Å². The van der Waals surface area contributed by atoms with Gasteiger partial charge in [-0.15, -0.1) is 5.10 Å². The van der Waals surface area contributed by atoms with E-state index in [1.54, 1.807) is 0 Å². The lowest BCUT2D eigenvalue weighted by Gasteiger charge is -2.06. The summed E-state index contributed by atoms with van der Waals surface area (Å²) < 4.78 is 2.08. The average Bonchev–Trinajstić information content (AvgIpc) is 2.56. The molecule has 1 aromatic heterocycles. The average molecular weight is 209 g/mol. The molecule has 1 rings (SSSR count). The van der Waals surface area contributed by atoms with Gasteiger partial charge in [0.25, 0.3) is 0 Å². The molecule has 3 nitrogen and oxygen atoms in total. The summed E-state index contributed by atoms with van der Waals surface area (Å²) in [5.74, 6) is 0.659. The van der Waals surface area contributed by atoms with Crippen LogP contribution in [0, 0.1) is 5.92 Å². The van der Waals surface area contributed by atoms with Crippen molar-refractivity contribution in [3.8, 4) is 0 Å². The number of hydrogen-bond acceptors (Lipinski definition) is 2. The molecular formula is C12H23N3. The van der Waals surface area contributed by atoms with Crippen LogP contribution in [-0.4, -0.2) is 15.0 Å². The lowest BCUT2D eigenvalue weighted by molar-refractivity contribution is 0.535. The summed E-state index contributed by atoms with van der Waals surface area (Å²) in [7, 11) is 0. The third-order valence-electron chi connectivity index (χ3n) is 2.58. The Morgan fingerprint density at radius 2 is 2.00 bits per heavy atom. The van der Waals surface area contributed by atoms with E-state index in [1.807, 2.05) is 0 Å². The first kappa shape index (κ1) is 12.2. The number of aryl methyl sites for hydroxylation is 1. The number of unbranched alkanes of at least 4 members (excludes halogenated alkanes) is 1. The van der Waals surface area contributed by atoms with E-state index < -0.39 is 0 Å². The predicted molar refractivity (Wildman–Crippen MR) is 62.9 cm³/mol. The third-order valence-corrected chi connectivity index (χ3v) is 2.58. The van der Waals surface area contributed by atoms with Crippen LogP contribution in [-0.2, 0) is 19.4 Å². The minimum absolute atomic E-state index is 0.659. The zero-order chi connectivity index (χ0) is 11.3. The van der Waals surface area contributed by atoms with E-state index >= 15 is 0 Å². The Kier molecular flexibility index (Phi) is 4.79. The van der Waals surface area contributed by atoms with E-state index in [0.717, 1.165) is 19.4 Å². The molecule has 0 saturated carbocycles. The first-order valence-electron chi connectivity index (χ1n) is 6.10. The Morgan fingerprint density at radius 1 is 1.27 bits per heavy atom. The predicted octanol–water partition coefficient (Wildman–Crippen LogP) is 2.84. The number of nitrogens with zero attached hydrogens (tertiary/aromatic N) is 3. The highest BCUT2D eigenvalue weighted by atomic mass is 15.4. The third kappa shape index (κ3) is 3.33. The fourth-order valence-corrected chi connectivity index (χ4v) is 1.79. The normalized spacial score (nSPS) is 11.3. The van der Waals surface area contributed by atoms with Gasteiger partial charge >= 0.3 is 0 Å². The highest BCUT2D eigenvalue weighted by molar-refractivity contribution is 5.10. The van der Waals surface area contributed by atoms with Crippen molar-refractivity contribution in [1.29, 1.82) is 0 Å². The van der Waals surface area contributed by atoms with E-state index in [-0.39, 0.29) is 0 Å². The molecule has 0 N–H and O–H groups in total. The molecule has 0 spiro atoms. The Hall–Kier alpha value is -0.860. The summed E-state index contributed by atoms with van der Waals surface area (Å²) in [6, 6.07) is 0. The Balaban J connectivity index is 2.75. The molecule has 0 amide bonds. The molecule has 15 heavy (non-hydrogen) atoms. The topological polar surface area (TPSA) is 30.7 Å². The number of hydrogen-bond donors (Lipinski definition) is 0. The molecule has 0 aliphatic heterocycles. The van der Waals surface area contributed by atoms with E-state index in [2.05, 4.69) is 42.7 Å². The molecule has 86 valence electrons.